The lowest BCUT2D eigenvalue weighted by molar-refractivity contribution is -0.870. The van der Waals surface area contributed by atoms with E-state index in [1.807, 2.05) is 21.1 Å². The van der Waals surface area contributed by atoms with Crippen LogP contribution in [0.1, 0.15) is 194 Å². The number of likely N-dealkylation sites (N-methyl/N-ethyl adjacent to an activating group) is 1. The number of quaternary nitrogens is 1. The summed E-state index contributed by atoms with van der Waals surface area (Å²) in [7, 11) is 5.93. The first-order valence-corrected chi connectivity index (χ1v) is 29.0. The van der Waals surface area contributed by atoms with Gasteiger partial charge in [-0.3, -0.25) is 9.59 Å². The van der Waals surface area contributed by atoms with Gasteiger partial charge in [-0.2, -0.15) is 0 Å². The van der Waals surface area contributed by atoms with Crippen molar-refractivity contribution in [1.29, 1.82) is 0 Å². The zero-order valence-electron chi connectivity index (χ0n) is 47.9. The Morgan fingerprint density at radius 3 is 1.13 bits per heavy atom. The zero-order chi connectivity index (χ0) is 54.8. The van der Waals surface area contributed by atoms with Crippen LogP contribution in [0.25, 0.3) is 0 Å². The second kappa shape index (κ2) is 55.4. The monoisotopic (exact) mass is 1040 g/mol. The number of unbranched alkanes of at least 4 members (excludes halogenated alkanes) is 12. The average molecular weight is 1040 g/mol. The van der Waals surface area contributed by atoms with Gasteiger partial charge in [0.1, 0.15) is 13.2 Å². The highest BCUT2D eigenvalue weighted by molar-refractivity contribution is 5.71. The number of rotatable bonds is 51. The van der Waals surface area contributed by atoms with Crippen molar-refractivity contribution >= 4 is 17.9 Å². The van der Waals surface area contributed by atoms with Gasteiger partial charge in [-0.05, 0) is 103 Å². The van der Waals surface area contributed by atoms with Crippen molar-refractivity contribution in [2.24, 2.45) is 0 Å². The number of nitrogens with zero attached hydrogens (tertiary/aromatic N) is 1. The van der Waals surface area contributed by atoms with E-state index in [1.165, 1.54) is 51.4 Å². The molecule has 0 amide bonds. The lowest BCUT2D eigenvalue weighted by Gasteiger charge is -2.25. The number of carbonyl (C=O) groups is 3. The summed E-state index contributed by atoms with van der Waals surface area (Å²) in [4.78, 5) is 37.2. The number of carbonyl (C=O) groups excluding carboxylic acids is 2. The predicted molar refractivity (Wildman–Crippen MR) is 317 cm³/mol. The molecule has 1 N–H and O–H groups in total. The number of carboxylic acids is 1. The maximum Gasteiger partial charge on any atom is 0.361 e. The minimum absolute atomic E-state index is 0.172. The summed E-state index contributed by atoms with van der Waals surface area (Å²) >= 11 is 0. The van der Waals surface area contributed by atoms with Gasteiger partial charge in [-0.1, -0.05) is 224 Å². The normalized spacial score (nSPS) is 13.9. The number of hydrogen-bond donors (Lipinski definition) is 1. The average Bonchev–Trinajstić information content (AvgIpc) is 3.38. The topological polar surface area (TPSA) is 108 Å². The second-order valence-electron chi connectivity index (χ2n) is 19.9. The van der Waals surface area contributed by atoms with Crippen LogP contribution < -0.4 is 0 Å². The molecular weight excluding hydrogens is 935 g/mol. The second-order valence-corrected chi connectivity index (χ2v) is 19.9. The molecule has 0 aliphatic rings. The van der Waals surface area contributed by atoms with E-state index in [2.05, 4.69) is 160 Å². The van der Waals surface area contributed by atoms with Crippen molar-refractivity contribution in [3.05, 3.63) is 146 Å². The van der Waals surface area contributed by atoms with Gasteiger partial charge in [-0.25, -0.2) is 4.79 Å². The molecule has 0 radical (unpaired) electrons. The van der Waals surface area contributed by atoms with E-state index in [1.54, 1.807) is 0 Å². The molecule has 0 aromatic rings. The Morgan fingerprint density at radius 2 is 0.760 bits per heavy atom. The SMILES string of the molecule is CC/C=C\C/C=C\C/C=C\C/C=C\C/C=C\C/C=C\C/C=C\C/C=C\C/C=C\C/C=C\C/C=C\C/C=C\CCCCC(=O)OC(COC(=O)CCCCCCCCCCCCC)COC(OCC[N+](C)(C)C)C(=O)O. The van der Waals surface area contributed by atoms with Crippen LogP contribution >= 0.6 is 0 Å². The van der Waals surface area contributed by atoms with E-state index < -0.39 is 24.3 Å². The Bertz CT molecular complexity index is 1730. The molecule has 0 aliphatic carbocycles. The smallest absolute Gasteiger partial charge is 0.361 e. The van der Waals surface area contributed by atoms with E-state index in [0.717, 1.165) is 109 Å². The number of esters is 2. The molecule has 2 atom stereocenters. The van der Waals surface area contributed by atoms with Crippen LogP contribution in [0.4, 0.5) is 0 Å². The first-order chi connectivity index (χ1) is 36.6. The fourth-order valence-corrected chi connectivity index (χ4v) is 7.17. The quantitative estimate of drug-likeness (QED) is 0.0211. The summed E-state index contributed by atoms with van der Waals surface area (Å²) in [5, 5.41) is 9.67. The van der Waals surface area contributed by atoms with E-state index in [0.29, 0.717) is 17.4 Å². The molecule has 0 fully saturated rings. The minimum atomic E-state index is -1.53. The fraction of sp³-hybridized carbons (Fsp3) is 0.591. The highest BCUT2D eigenvalue weighted by Gasteiger charge is 2.25. The van der Waals surface area contributed by atoms with Gasteiger partial charge in [0.15, 0.2) is 6.10 Å². The van der Waals surface area contributed by atoms with Gasteiger partial charge in [0, 0.05) is 12.8 Å². The summed E-state index contributed by atoms with van der Waals surface area (Å²) < 4.78 is 22.7. The highest BCUT2D eigenvalue weighted by Crippen LogP contribution is 2.13. The molecule has 9 nitrogen and oxygen atoms in total. The number of allylic oxidation sites excluding steroid dienone is 24. The van der Waals surface area contributed by atoms with Crippen LogP contribution in [0.15, 0.2) is 146 Å². The molecule has 0 aromatic carbocycles. The summed E-state index contributed by atoms with van der Waals surface area (Å²) in [6, 6.07) is 0. The third-order valence-corrected chi connectivity index (χ3v) is 11.6. The largest absolute Gasteiger partial charge is 0.477 e. The first-order valence-electron chi connectivity index (χ1n) is 29.0. The van der Waals surface area contributed by atoms with Gasteiger partial charge in [0.05, 0.1) is 34.4 Å². The van der Waals surface area contributed by atoms with Crippen molar-refractivity contribution in [3.63, 3.8) is 0 Å². The van der Waals surface area contributed by atoms with E-state index in [4.69, 9.17) is 18.9 Å². The van der Waals surface area contributed by atoms with Crippen molar-refractivity contribution in [1.82, 2.24) is 0 Å². The molecule has 2 unspecified atom stereocenters. The van der Waals surface area contributed by atoms with Crippen LogP contribution in [-0.2, 0) is 33.3 Å². The summed E-state index contributed by atoms with van der Waals surface area (Å²) in [6.45, 7) is 4.67. The highest BCUT2D eigenvalue weighted by atomic mass is 16.7. The fourth-order valence-electron chi connectivity index (χ4n) is 7.17. The maximum absolute atomic E-state index is 12.8. The van der Waals surface area contributed by atoms with Crippen LogP contribution in [0.5, 0.6) is 0 Å². The van der Waals surface area contributed by atoms with Crippen molar-refractivity contribution in [2.45, 2.75) is 206 Å². The molecular formula is C66H106NO8+. The van der Waals surface area contributed by atoms with Crippen molar-refractivity contribution < 1.29 is 42.9 Å². The Labute approximate surface area is 458 Å². The van der Waals surface area contributed by atoms with Crippen molar-refractivity contribution in [2.75, 3.05) is 47.5 Å². The molecule has 0 aliphatic heterocycles. The standard InChI is InChI=1S/C66H105NO8/c1-6-8-10-12-14-16-18-19-20-21-22-23-24-25-26-27-28-29-30-31-32-33-34-35-36-37-38-39-40-41-42-43-44-45-47-49-51-53-55-57-64(69)75-62(61-74-66(65(70)71)72-59-58-67(3,4)5)60-73-63(68)56-54-52-50-48-46-17-15-13-11-9-7-2/h8,10,14,16,19-20,22-23,25-26,28-29,31-32,34-35,37-38,40-41,43-44,47,49,62,66H,6-7,9,11-13,15,17-18,21,24,27,30,33,36,39,42,45-46,48,50-61H2,1-5H3/p+1/b10-8-,16-14-,20-19-,23-22-,26-25-,29-28-,32-31-,35-34-,38-37-,41-40-,44-43-,49-47-. The van der Waals surface area contributed by atoms with Crippen LogP contribution in [0.2, 0.25) is 0 Å². The third-order valence-electron chi connectivity index (χ3n) is 11.6. The molecule has 0 spiro atoms. The van der Waals surface area contributed by atoms with Crippen LogP contribution in [0.3, 0.4) is 0 Å². The van der Waals surface area contributed by atoms with Gasteiger partial charge in [0.2, 0.25) is 0 Å². The molecule has 0 aromatic heterocycles. The van der Waals surface area contributed by atoms with Crippen LogP contribution in [-0.4, -0.2) is 87.4 Å². The summed E-state index contributed by atoms with van der Waals surface area (Å²) in [6.07, 6.45) is 78.0. The Balaban J connectivity index is 4.27. The maximum atomic E-state index is 12.8. The molecule has 0 rings (SSSR count). The van der Waals surface area contributed by atoms with E-state index in [9.17, 15) is 19.5 Å². The van der Waals surface area contributed by atoms with Crippen LogP contribution in [0, 0.1) is 0 Å². The van der Waals surface area contributed by atoms with E-state index >= 15 is 0 Å². The molecule has 75 heavy (non-hydrogen) atoms. The third kappa shape index (κ3) is 56.7. The summed E-state index contributed by atoms with van der Waals surface area (Å²) in [5.74, 6) is -2.08. The van der Waals surface area contributed by atoms with Crippen molar-refractivity contribution in [3.8, 4) is 0 Å². The number of hydrogen-bond acceptors (Lipinski definition) is 7. The molecule has 0 saturated heterocycles. The minimum Gasteiger partial charge on any atom is -0.477 e. The number of carboxylic acid groups (broad SMARTS) is 1. The molecule has 0 saturated carbocycles. The Kier molecular flexibility index (Phi) is 51.8. The molecule has 0 heterocycles. The number of aliphatic carboxylic acids is 1. The van der Waals surface area contributed by atoms with Gasteiger partial charge < -0.3 is 28.5 Å². The molecule has 422 valence electrons. The van der Waals surface area contributed by atoms with Gasteiger partial charge in [0.25, 0.3) is 6.29 Å². The Hall–Kier alpha value is -4.83. The van der Waals surface area contributed by atoms with E-state index in [-0.39, 0.29) is 38.6 Å². The summed E-state index contributed by atoms with van der Waals surface area (Å²) in [5.41, 5.74) is 0. The first kappa shape index (κ1) is 70.2. The lowest BCUT2D eigenvalue weighted by Crippen LogP contribution is -2.40. The van der Waals surface area contributed by atoms with Gasteiger partial charge in [-0.15, -0.1) is 0 Å². The lowest BCUT2D eigenvalue weighted by atomic mass is 10.1. The molecule has 9 heteroatoms. The molecule has 0 bridgehead atoms. The Morgan fingerprint density at radius 1 is 0.413 bits per heavy atom. The van der Waals surface area contributed by atoms with Gasteiger partial charge >= 0.3 is 17.9 Å². The predicted octanol–water partition coefficient (Wildman–Crippen LogP) is 17.2. The zero-order valence-corrected chi connectivity index (χ0v) is 47.9. The number of ether oxygens (including phenoxy) is 4.